The first-order valence-corrected chi connectivity index (χ1v) is 11.1. The van der Waals surface area contributed by atoms with E-state index in [4.69, 9.17) is 11.6 Å². The first kappa shape index (κ1) is 24.1. The molecule has 1 N–H and O–H groups in total. The highest BCUT2D eigenvalue weighted by molar-refractivity contribution is 7.14. The van der Waals surface area contributed by atoms with Crippen molar-refractivity contribution in [2.75, 3.05) is 0 Å². The number of halogens is 4. The van der Waals surface area contributed by atoms with Crippen molar-refractivity contribution >= 4 is 28.8 Å². The number of carbonyl (C=O) groups excluding carboxylic acids is 1. The molecule has 0 bridgehead atoms. The van der Waals surface area contributed by atoms with E-state index in [9.17, 15) is 22.8 Å². The van der Waals surface area contributed by atoms with Crippen molar-refractivity contribution in [2.45, 2.75) is 46.6 Å². The monoisotopic (exact) mass is 486 g/mol. The number of alkyl halides is 3. The quantitative estimate of drug-likeness (QED) is 0.525. The van der Waals surface area contributed by atoms with Crippen LogP contribution in [0.2, 0.25) is 5.02 Å². The topological polar surface area (TPSA) is 68.9 Å². The molecule has 3 rings (SSSR count). The molecule has 2 heterocycles. The van der Waals surface area contributed by atoms with Crippen LogP contribution in [-0.2, 0) is 30.6 Å². The van der Waals surface area contributed by atoms with E-state index < -0.39 is 29.9 Å². The molecule has 0 saturated carbocycles. The molecular weight excluding hydrogens is 465 g/mol. The maximum absolute atomic E-state index is 13.1. The second-order valence-electron chi connectivity index (χ2n) is 7.76. The fourth-order valence-electron chi connectivity index (χ4n) is 3.16. The minimum Gasteiger partial charge on any atom is -0.350 e. The summed E-state index contributed by atoms with van der Waals surface area (Å²) in [5, 5.41) is 9.10. The largest absolute Gasteiger partial charge is 0.416 e. The molecule has 0 spiro atoms. The van der Waals surface area contributed by atoms with Crippen molar-refractivity contribution in [1.29, 1.82) is 0 Å². The zero-order valence-electron chi connectivity index (χ0n) is 17.7. The number of aryl methyl sites for hydroxylation is 1. The van der Waals surface area contributed by atoms with E-state index in [2.05, 4.69) is 10.4 Å². The normalized spacial score (nSPS) is 11.9. The SMILES string of the molecule is Cc1csc(-c2nn(CC(=O)NCc3ccccc3C(F)(F)F)c(=O)n2CC(C)C)c1Cl. The Balaban J connectivity index is 1.83. The number of thiophene rings is 1. The van der Waals surface area contributed by atoms with Gasteiger partial charge >= 0.3 is 11.9 Å². The summed E-state index contributed by atoms with van der Waals surface area (Å²) in [5.41, 5.74) is -0.510. The molecular formula is C21H22ClF3N4O2S. The lowest BCUT2D eigenvalue weighted by molar-refractivity contribution is -0.138. The van der Waals surface area contributed by atoms with Gasteiger partial charge in [0.15, 0.2) is 5.82 Å². The smallest absolute Gasteiger partial charge is 0.350 e. The maximum atomic E-state index is 13.1. The number of nitrogens with zero attached hydrogens (tertiary/aromatic N) is 3. The van der Waals surface area contributed by atoms with Crippen LogP contribution < -0.4 is 11.0 Å². The predicted molar refractivity (Wildman–Crippen MR) is 118 cm³/mol. The van der Waals surface area contributed by atoms with E-state index in [-0.39, 0.29) is 18.0 Å². The van der Waals surface area contributed by atoms with Gasteiger partial charge in [-0.05, 0) is 35.4 Å². The number of rotatable bonds is 7. The molecule has 0 aliphatic carbocycles. The van der Waals surface area contributed by atoms with Gasteiger partial charge in [0, 0.05) is 13.1 Å². The Morgan fingerprint density at radius 3 is 2.56 bits per heavy atom. The molecule has 0 radical (unpaired) electrons. The minimum absolute atomic E-state index is 0.0624. The van der Waals surface area contributed by atoms with Gasteiger partial charge in [-0.2, -0.15) is 13.2 Å². The van der Waals surface area contributed by atoms with Crippen molar-refractivity contribution in [1.82, 2.24) is 19.7 Å². The fraction of sp³-hybridized carbons (Fsp3) is 0.381. The Labute approximate surface area is 191 Å². The Morgan fingerprint density at radius 2 is 1.97 bits per heavy atom. The lowest BCUT2D eigenvalue weighted by Gasteiger charge is -2.13. The van der Waals surface area contributed by atoms with Crippen LogP contribution in [0.25, 0.3) is 10.7 Å². The Bertz CT molecular complexity index is 1180. The van der Waals surface area contributed by atoms with Crippen LogP contribution in [0.5, 0.6) is 0 Å². The molecule has 0 unspecified atom stereocenters. The van der Waals surface area contributed by atoms with E-state index in [1.54, 1.807) is 0 Å². The fourth-order valence-corrected chi connectivity index (χ4v) is 4.43. The van der Waals surface area contributed by atoms with E-state index in [0.29, 0.717) is 22.3 Å². The number of amides is 1. The van der Waals surface area contributed by atoms with Crippen molar-refractivity contribution in [2.24, 2.45) is 5.92 Å². The zero-order valence-corrected chi connectivity index (χ0v) is 19.2. The lowest BCUT2D eigenvalue weighted by atomic mass is 10.1. The average Bonchev–Trinajstić information content (AvgIpc) is 3.19. The summed E-state index contributed by atoms with van der Waals surface area (Å²) in [4.78, 5) is 26.0. The highest BCUT2D eigenvalue weighted by Gasteiger charge is 2.32. The van der Waals surface area contributed by atoms with Crippen LogP contribution >= 0.6 is 22.9 Å². The van der Waals surface area contributed by atoms with Gasteiger partial charge in [0.25, 0.3) is 0 Å². The molecule has 0 aliphatic rings. The summed E-state index contributed by atoms with van der Waals surface area (Å²) < 4.78 is 41.9. The van der Waals surface area contributed by atoms with Crippen LogP contribution in [0.1, 0.15) is 30.5 Å². The van der Waals surface area contributed by atoms with E-state index in [1.165, 1.54) is 34.1 Å². The number of nitrogens with one attached hydrogen (secondary N) is 1. The molecule has 0 aliphatic heterocycles. The van der Waals surface area contributed by atoms with Gasteiger partial charge in [-0.1, -0.05) is 43.6 Å². The van der Waals surface area contributed by atoms with Gasteiger partial charge in [0.1, 0.15) is 6.54 Å². The highest BCUT2D eigenvalue weighted by Crippen LogP contribution is 2.35. The van der Waals surface area contributed by atoms with Crippen molar-refractivity contribution in [3.8, 4) is 10.7 Å². The van der Waals surface area contributed by atoms with Gasteiger partial charge in [-0.3, -0.25) is 9.36 Å². The Morgan fingerprint density at radius 1 is 1.28 bits per heavy atom. The zero-order chi connectivity index (χ0) is 23.6. The van der Waals surface area contributed by atoms with Gasteiger partial charge in [-0.15, -0.1) is 16.4 Å². The third-order valence-corrected chi connectivity index (χ3v) is 6.36. The summed E-state index contributed by atoms with van der Waals surface area (Å²) >= 11 is 7.71. The Kier molecular flexibility index (Phi) is 7.14. The van der Waals surface area contributed by atoms with Crippen LogP contribution in [-0.4, -0.2) is 20.3 Å². The van der Waals surface area contributed by atoms with Crippen molar-refractivity contribution in [3.63, 3.8) is 0 Å². The average molecular weight is 487 g/mol. The number of hydrogen-bond acceptors (Lipinski definition) is 4. The van der Waals surface area contributed by atoms with Crippen molar-refractivity contribution in [3.05, 3.63) is 61.8 Å². The molecule has 3 aromatic rings. The number of carbonyl (C=O) groups is 1. The molecule has 2 aromatic heterocycles. The second-order valence-corrected chi connectivity index (χ2v) is 9.02. The molecule has 0 saturated heterocycles. The minimum atomic E-state index is -4.53. The molecule has 1 aromatic carbocycles. The van der Waals surface area contributed by atoms with Gasteiger partial charge in [0.2, 0.25) is 5.91 Å². The van der Waals surface area contributed by atoms with Crippen LogP contribution in [0, 0.1) is 12.8 Å². The van der Waals surface area contributed by atoms with Crippen LogP contribution in [0.15, 0.2) is 34.4 Å². The maximum Gasteiger partial charge on any atom is 0.416 e. The second kappa shape index (κ2) is 9.50. The third-order valence-electron chi connectivity index (χ3n) is 4.66. The number of aromatic nitrogens is 3. The van der Waals surface area contributed by atoms with Gasteiger partial charge in [-0.25, -0.2) is 9.48 Å². The van der Waals surface area contributed by atoms with Gasteiger partial charge < -0.3 is 5.32 Å². The van der Waals surface area contributed by atoms with E-state index in [0.717, 1.165) is 16.3 Å². The molecule has 1 amide bonds. The van der Waals surface area contributed by atoms with Crippen LogP contribution in [0.3, 0.4) is 0 Å². The first-order chi connectivity index (χ1) is 15.0. The lowest BCUT2D eigenvalue weighted by Crippen LogP contribution is -2.34. The van der Waals surface area contributed by atoms with Crippen molar-refractivity contribution < 1.29 is 18.0 Å². The number of hydrogen-bond donors (Lipinski definition) is 1. The summed E-state index contributed by atoms with van der Waals surface area (Å²) in [6.07, 6.45) is -4.53. The highest BCUT2D eigenvalue weighted by atomic mass is 35.5. The summed E-state index contributed by atoms with van der Waals surface area (Å²) in [7, 11) is 0. The molecule has 32 heavy (non-hydrogen) atoms. The van der Waals surface area contributed by atoms with E-state index >= 15 is 0 Å². The van der Waals surface area contributed by atoms with E-state index in [1.807, 2.05) is 26.2 Å². The molecule has 11 heteroatoms. The number of benzene rings is 1. The summed E-state index contributed by atoms with van der Waals surface area (Å²) in [6, 6.07) is 5.01. The molecule has 6 nitrogen and oxygen atoms in total. The standard InChI is InChI=1S/C21H22ClF3N4O2S/c1-12(2)9-28-19(18-17(22)13(3)11-32-18)27-29(20(28)31)10-16(30)26-8-14-6-4-5-7-15(14)21(23,24)25/h4-7,11-12H,8-10H2,1-3H3,(H,26,30). The first-order valence-electron chi connectivity index (χ1n) is 9.82. The van der Waals surface area contributed by atoms with Crippen LogP contribution in [0.4, 0.5) is 13.2 Å². The summed E-state index contributed by atoms with van der Waals surface area (Å²) in [5.74, 6) is -0.128. The van der Waals surface area contributed by atoms with Gasteiger partial charge in [0.05, 0.1) is 15.5 Å². The molecule has 0 atom stereocenters. The summed E-state index contributed by atoms with van der Waals surface area (Å²) in [6.45, 7) is 5.36. The third kappa shape index (κ3) is 5.24. The Hall–Kier alpha value is -2.59. The molecule has 0 fully saturated rings. The molecule has 172 valence electrons. The predicted octanol–water partition coefficient (Wildman–Crippen LogP) is 4.73.